The highest BCUT2D eigenvalue weighted by Gasteiger charge is 2.01. The number of H-pyrrole nitrogens is 1. The third kappa shape index (κ3) is 0.871. The Morgan fingerprint density at radius 1 is 1.42 bits per heavy atom. The SMILES string of the molecule is Nc1ccc2[nH]cc(C=O)c2c1. The summed E-state index contributed by atoms with van der Waals surface area (Å²) in [5, 5.41) is 0.880. The summed E-state index contributed by atoms with van der Waals surface area (Å²) in [7, 11) is 0. The average molecular weight is 160 g/mol. The monoisotopic (exact) mass is 160 g/mol. The summed E-state index contributed by atoms with van der Waals surface area (Å²) in [5.74, 6) is 0. The highest BCUT2D eigenvalue weighted by Crippen LogP contribution is 2.19. The largest absolute Gasteiger partial charge is 0.399 e. The summed E-state index contributed by atoms with van der Waals surface area (Å²) in [5.41, 5.74) is 7.83. The highest BCUT2D eigenvalue weighted by molar-refractivity contribution is 5.98. The van der Waals surface area contributed by atoms with Gasteiger partial charge in [-0.15, -0.1) is 0 Å². The van der Waals surface area contributed by atoms with Crippen LogP contribution in [0.4, 0.5) is 5.69 Å². The lowest BCUT2D eigenvalue weighted by Crippen LogP contribution is -1.83. The molecule has 0 unspecified atom stereocenters. The molecular formula is C9H8N2O. The fourth-order valence-corrected chi connectivity index (χ4v) is 1.26. The van der Waals surface area contributed by atoms with Crippen molar-refractivity contribution >= 4 is 22.9 Å². The smallest absolute Gasteiger partial charge is 0.152 e. The number of aromatic amines is 1. The molecule has 0 spiro atoms. The molecule has 0 aliphatic rings. The van der Waals surface area contributed by atoms with Gasteiger partial charge in [0.25, 0.3) is 0 Å². The van der Waals surface area contributed by atoms with Crippen molar-refractivity contribution in [3.05, 3.63) is 30.0 Å². The maximum atomic E-state index is 10.5. The quantitative estimate of drug-likeness (QED) is 0.491. The minimum absolute atomic E-state index is 0.650. The number of nitrogen functional groups attached to an aromatic ring is 1. The van der Waals surface area contributed by atoms with E-state index in [0.717, 1.165) is 17.2 Å². The van der Waals surface area contributed by atoms with Gasteiger partial charge in [-0.2, -0.15) is 0 Å². The van der Waals surface area contributed by atoms with Gasteiger partial charge in [-0.25, -0.2) is 0 Å². The van der Waals surface area contributed by atoms with E-state index in [1.165, 1.54) is 0 Å². The van der Waals surface area contributed by atoms with Crippen molar-refractivity contribution in [3.8, 4) is 0 Å². The van der Waals surface area contributed by atoms with Crippen molar-refractivity contribution in [3.63, 3.8) is 0 Å². The van der Waals surface area contributed by atoms with E-state index in [1.807, 2.05) is 6.07 Å². The van der Waals surface area contributed by atoms with Gasteiger partial charge in [0.15, 0.2) is 6.29 Å². The number of aldehydes is 1. The van der Waals surface area contributed by atoms with Gasteiger partial charge in [0.05, 0.1) is 0 Å². The van der Waals surface area contributed by atoms with Crippen molar-refractivity contribution in [1.29, 1.82) is 0 Å². The Bertz CT molecular complexity index is 431. The number of rotatable bonds is 1. The molecule has 2 aromatic rings. The molecule has 3 nitrogen and oxygen atoms in total. The van der Waals surface area contributed by atoms with E-state index in [-0.39, 0.29) is 0 Å². The van der Waals surface area contributed by atoms with Crippen LogP contribution in [-0.2, 0) is 0 Å². The molecule has 0 amide bonds. The van der Waals surface area contributed by atoms with E-state index in [1.54, 1.807) is 18.3 Å². The summed E-state index contributed by atoms with van der Waals surface area (Å²) in [6.45, 7) is 0. The number of hydrogen-bond acceptors (Lipinski definition) is 2. The van der Waals surface area contributed by atoms with Crippen LogP contribution >= 0.6 is 0 Å². The van der Waals surface area contributed by atoms with Gasteiger partial charge >= 0.3 is 0 Å². The Morgan fingerprint density at radius 3 is 3.00 bits per heavy atom. The van der Waals surface area contributed by atoms with Crippen LogP contribution in [0.25, 0.3) is 10.9 Å². The van der Waals surface area contributed by atoms with Gasteiger partial charge in [-0.3, -0.25) is 4.79 Å². The van der Waals surface area contributed by atoms with Crippen LogP contribution in [0, 0.1) is 0 Å². The molecule has 60 valence electrons. The second-order valence-electron chi connectivity index (χ2n) is 2.67. The first-order chi connectivity index (χ1) is 5.81. The summed E-state index contributed by atoms with van der Waals surface area (Å²) in [6.07, 6.45) is 2.50. The predicted molar refractivity (Wildman–Crippen MR) is 48.1 cm³/mol. The molecule has 0 atom stereocenters. The Morgan fingerprint density at radius 2 is 2.25 bits per heavy atom. The van der Waals surface area contributed by atoms with E-state index < -0.39 is 0 Å². The van der Waals surface area contributed by atoms with Crippen LogP contribution < -0.4 is 5.73 Å². The number of hydrogen-bond donors (Lipinski definition) is 2. The van der Waals surface area contributed by atoms with Crippen LogP contribution in [-0.4, -0.2) is 11.3 Å². The first-order valence-corrected chi connectivity index (χ1v) is 3.63. The number of carbonyl (C=O) groups excluding carboxylic acids is 1. The highest BCUT2D eigenvalue weighted by atomic mass is 16.1. The Labute approximate surface area is 69.2 Å². The molecule has 12 heavy (non-hydrogen) atoms. The van der Waals surface area contributed by atoms with E-state index in [0.29, 0.717) is 11.3 Å². The third-order valence-electron chi connectivity index (χ3n) is 1.86. The number of fused-ring (bicyclic) bond motifs is 1. The third-order valence-corrected chi connectivity index (χ3v) is 1.86. The summed E-state index contributed by atoms with van der Waals surface area (Å²) >= 11 is 0. The van der Waals surface area contributed by atoms with Gasteiger partial charge < -0.3 is 10.7 Å². The van der Waals surface area contributed by atoms with Crippen molar-refractivity contribution in [2.75, 3.05) is 5.73 Å². The molecule has 3 N–H and O–H groups in total. The van der Waals surface area contributed by atoms with Crippen molar-refractivity contribution in [2.45, 2.75) is 0 Å². The molecule has 1 aromatic carbocycles. The number of benzene rings is 1. The lowest BCUT2D eigenvalue weighted by atomic mass is 10.2. The van der Waals surface area contributed by atoms with Gasteiger partial charge in [-0.1, -0.05) is 0 Å². The van der Waals surface area contributed by atoms with Crippen LogP contribution in [0.15, 0.2) is 24.4 Å². The number of nitrogens with two attached hydrogens (primary N) is 1. The predicted octanol–water partition coefficient (Wildman–Crippen LogP) is 1.56. The number of nitrogens with one attached hydrogen (secondary N) is 1. The summed E-state index contributed by atoms with van der Waals surface area (Å²) in [6, 6.07) is 5.45. The molecule has 0 saturated carbocycles. The fourth-order valence-electron chi connectivity index (χ4n) is 1.26. The number of anilines is 1. The Balaban J connectivity index is 2.83. The van der Waals surface area contributed by atoms with Gasteiger partial charge in [0.1, 0.15) is 0 Å². The molecule has 0 aliphatic carbocycles. The molecule has 2 rings (SSSR count). The molecule has 0 fully saturated rings. The second kappa shape index (κ2) is 2.37. The first kappa shape index (κ1) is 6.91. The molecule has 0 saturated heterocycles. The van der Waals surface area contributed by atoms with E-state index >= 15 is 0 Å². The van der Waals surface area contributed by atoms with Crippen molar-refractivity contribution in [1.82, 2.24) is 4.98 Å². The number of aromatic nitrogens is 1. The lowest BCUT2D eigenvalue weighted by molar-refractivity contribution is 0.112. The van der Waals surface area contributed by atoms with Crippen molar-refractivity contribution < 1.29 is 4.79 Å². The maximum Gasteiger partial charge on any atom is 0.152 e. The van der Waals surface area contributed by atoms with Crippen LogP contribution in [0.5, 0.6) is 0 Å². The summed E-state index contributed by atoms with van der Waals surface area (Å²) < 4.78 is 0. The first-order valence-electron chi connectivity index (χ1n) is 3.63. The van der Waals surface area contributed by atoms with Gasteiger partial charge in [-0.05, 0) is 18.2 Å². The maximum absolute atomic E-state index is 10.5. The van der Waals surface area contributed by atoms with E-state index in [9.17, 15) is 4.79 Å². The molecule has 1 heterocycles. The fraction of sp³-hybridized carbons (Fsp3) is 0. The normalized spacial score (nSPS) is 10.3. The van der Waals surface area contributed by atoms with Crippen LogP contribution in [0.2, 0.25) is 0 Å². The van der Waals surface area contributed by atoms with Gasteiger partial charge in [0, 0.05) is 28.4 Å². The van der Waals surface area contributed by atoms with Crippen LogP contribution in [0.3, 0.4) is 0 Å². The van der Waals surface area contributed by atoms with Crippen molar-refractivity contribution in [2.24, 2.45) is 0 Å². The standard InChI is InChI=1S/C9H8N2O/c10-7-1-2-9-8(3-7)6(5-12)4-11-9/h1-5,11H,10H2. The second-order valence-corrected chi connectivity index (χ2v) is 2.67. The zero-order valence-corrected chi connectivity index (χ0v) is 6.37. The molecular weight excluding hydrogens is 152 g/mol. The minimum Gasteiger partial charge on any atom is -0.399 e. The molecule has 1 aromatic heterocycles. The average Bonchev–Trinajstić information content (AvgIpc) is 2.46. The van der Waals surface area contributed by atoms with E-state index in [2.05, 4.69) is 4.98 Å². The molecule has 0 aliphatic heterocycles. The molecule has 3 heteroatoms. The van der Waals surface area contributed by atoms with Crippen LogP contribution in [0.1, 0.15) is 10.4 Å². The number of carbonyl (C=O) groups is 1. The van der Waals surface area contributed by atoms with E-state index in [4.69, 9.17) is 5.73 Å². The lowest BCUT2D eigenvalue weighted by Gasteiger charge is -1.92. The summed E-state index contributed by atoms with van der Waals surface area (Å²) in [4.78, 5) is 13.5. The van der Waals surface area contributed by atoms with Gasteiger partial charge in [0.2, 0.25) is 0 Å². The molecule has 0 radical (unpaired) electrons. The topological polar surface area (TPSA) is 58.9 Å². The zero-order chi connectivity index (χ0) is 8.55. The zero-order valence-electron chi connectivity index (χ0n) is 6.37. The minimum atomic E-state index is 0.650. The molecule has 0 bridgehead atoms. The Kier molecular flexibility index (Phi) is 1.37. The Hall–Kier alpha value is -1.77.